The first-order chi connectivity index (χ1) is 11.5. The second-order valence-electron chi connectivity index (χ2n) is 4.58. The Hall–Kier alpha value is -3.10. The molecule has 2 aromatic rings. The summed E-state index contributed by atoms with van der Waals surface area (Å²) >= 11 is 0. The van der Waals surface area contributed by atoms with Crippen LogP contribution in [0, 0.1) is 11.6 Å². The van der Waals surface area contributed by atoms with Gasteiger partial charge in [-0.05, 0) is 18.2 Å². The second kappa shape index (κ2) is 8.51. The van der Waals surface area contributed by atoms with E-state index in [9.17, 15) is 18.4 Å². The topological polar surface area (TPSA) is 93.2 Å². The van der Waals surface area contributed by atoms with Gasteiger partial charge >= 0.3 is 5.97 Å². The molecule has 0 aliphatic heterocycles. The minimum Gasteiger partial charge on any atom is -0.456 e. The summed E-state index contributed by atoms with van der Waals surface area (Å²) in [5, 5.41) is 4.99. The van der Waals surface area contributed by atoms with Crippen LogP contribution in [0.15, 0.2) is 36.7 Å². The normalized spacial score (nSPS) is 10.1. The molecule has 0 atom stereocenters. The molecule has 126 valence electrons. The van der Waals surface area contributed by atoms with Gasteiger partial charge in [0.15, 0.2) is 6.61 Å². The number of carbonyl (C=O) groups excluding carboxylic acids is 2. The standard InChI is InChI=1S/C15H14F2N4O3/c16-10-2-3-12(11(17)8-10)21-13(22)9-24-14(23)4-7-20-15-18-5-1-6-19-15/h1-3,5-6,8H,4,7,9H2,(H,21,22)(H,18,19,20). The Morgan fingerprint density at radius 2 is 1.92 bits per heavy atom. The quantitative estimate of drug-likeness (QED) is 0.748. The zero-order chi connectivity index (χ0) is 17.4. The molecule has 0 fully saturated rings. The molecule has 0 unspecified atom stereocenters. The molecule has 1 aromatic heterocycles. The molecule has 7 nitrogen and oxygen atoms in total. The molecule has 2 N–H and O–H groups in total. The maximum Gasteiger partial charge on any atom is 0.308 e. The minimum absolute atomic E-state index is 0.00353. The van der Waals surface area contributed by atoms with Crippen LogP contribution < -0.4 is 10.6 Å². The molecule has 0 saturated carbocycles. The number of amides is 1. The Kier molecular flexibility index (Phi) is 6.12. The Morgan fingerprint density at radius 3 is 2.62 bits per heavy atom. The maximum atomic E-state index is 13.4. The van der Waals surface area contributed by atoms with E-state index in [0.29, 0.717) is 12.0 Å². The summed E-state index contributed by atoms with van der Waals surface area (Å²) in [5.41, 5.74) is -0.194. The summed E-state index contributed by atoms with van der Waals surface area (Å²) in [6, 6.07) is 4.37. The van der Waals surface area contributed by atoms with Crippen molar-refractivity contribution in [1.82, 2.24) is 9.97 Å². The van der Waals surface area contributed by atoms with Crippen molar-refractivity contribution in [1.29, 1.82) is 0 Å². The van der Waals surface area contributed by atoms with Crippen LogP contribution in [0.1, 0.15) is 6.42 Å². The highest BCUT2D eigenvalue weighted by molar-refractivity contribution is 5.92. The zero-order valence-corrected chi connectivity index (χ0v) is 12.5. The molecule has 0 aliphatic rings. The molecule has 9 heteroatoms. The first-order valence-corrected chi connectivity index (χ1v) is 6.96. The summed E-state index contributed by atoms with van der Waals surface area (Å²) in [7, 11) is 0. The van der Waals surface area contributed by atoms with Crippen LogP contribution in [0.3, 0.4) is 0 Å². The Bertz CT molecular complexity index is 713. The average Bonchev–Trinajstić information content (AvgIpc) is 2.56. The van der Waals surface area contributed by atoms with Gasteiger partial charge in [0, 0.05) is 25.0 Å². The lowest BCUT2D eigenvalue weighted by Crippen LogP contribution is -2.22. The van der Waals surface area contributed by atoms with E-state index < -0.39 is 30.1 Å². The lowest BCUT2D eigenvalue weighted by Gasteiger charge is -2.08. The van der Waals surface area contributed by atoms with Gasteiger partial charge < -0.3 is 15.4 Å². The summed E-state index contributed by atoms with van der Waals surface area (Å²) in [6.07, 6.45) is 3.09. The monoisotopic (exact) mass is 336 g/mol. The van der Waals surface area contributed by atoms with Gasteiger partial charge in [-0.2, -0.15) is 0 Å². The lowest BCUT2D eigenvalue weighted by molar-refractivity contribution is -0.147. The third-order valence-corrected chi connectivity index (χ3v) is 2.75. The SMILES string of the molecule is O=C(COC(=O)CCNc1ncccn1)Nc1ccc(F)cc1F. The first-order valence-electron chi connectivity index (χ1n) is 6.96. The van der Waals surface area contributed by atoms with Crippen LogP contribution in [0.4, 0.5) is 20.4 Å². The molecule has 1 aromatic carbocycles. The van der Waals surface area contributed by atoms with Gasteiger partial charge in [0.25, 0.3) is 5.91 Å². The van der Waals surface area contributed by atoms with Gasteiger partial charge in [-0.3, -0.25) is 9.59 Å². The molecule has 24 heavy (non-hydrogen) atoms. The number of anilines is 2. The molecule has 0 radical (unpaired) electrons. The van der Waals surface area contributed by atoms with Crippen LogP contribution in [0.25, 0.3) is 0 Å². The summed E-state index contributed by atoms with van der Waals surface area (Å²) in [6.45, 7) is -0.339. The van der Waals surface area contributed by atoms with Crippen LogP contribution in [0.5, 0.6) is 0 Å². The van der Waals surface area contributed by atoms with Crippen molar-refractivity contribution in [2.45, 2.75) is 6.42 Å². The Balaban J connectivity index is 1.68. The van der Waals surface area contributed by atoms with Gasteiger partial charge in [-0.25, -0.2) is 18.7 Å². The van der Waals surface area contributed by atoms with Crippen molar-refractivity contribution in [2.24, 2.45) is 0 Å². The fourth-order valence-electron chi connectivity index (χ4n) is 1.66. The number of nitrogens with zero attached hydrogens (tertiary/aromatic N) is 2. The van der Waals surface area contributed by atoms with E-state index >= 15 is 0 Å². The highest BCUT2D eigenvalue weighted by Gasteiger charge is 2.11. The molecule has 0 saturated heterocycles. The smallest absolute Gasteiger partial charge is 0.308 e. The van der Waals surface area contributed by atoms with Gasteiger partial charge in [0.1, 0.15) is 11.6 Å². The predicted molar refractivity (Wildman–Crippen MR) is 81.1 cm³/mol. The number of carbonyl (C=O) groups is 2. The van der Waals surface area contributed by atoms with Crippen LogP contribution >= 0.6 is 0 Å². The number of esters is 1. The number of aromatic nitrogens is 2. The van der Waals surface area contributed by atoms with Crippen LogP contribution in [-0.4, -0.2) is 35.0 Å². The molecule has 0 bridgehead atoms. The third-order valence-electron chi connectivity index (χ3n) is 2.75. The van der Waals surface area contributed by atoms with Gasteiger partial charge in [-0.15, -0.1) is 0 Å². The molecular formula is C15H14F2N4O3. The molecule has 2 rings (SSSR count). The van der Waals surface area contributed by atoms with E-state index in [-0.39, 0.29) is 18.7 Å². The van der Waals surface area contributed by atoms with Crippen molar-refractivity contribution in [3.63, 3.8) is 0 Å². The van der Waals surface area contributed by atoms with Crippen LogP contribution in [-0.2, 0) is 14.3 Å². The van der Waals surface area contributed by atoms with Crippen LogP contribution in [0.2, 0.25) is 0 Å². The summed E-state index contributed by atoms with van der Waals surface area (Å²) in [5.74, 6) is -2.65. The van der Waals surface area contributed by atoms with E-state index in [1.165, 1.54) is 0 Å². The van der Waals surface area contributed by atoms with Crippen molar-refractivity contribution in [3.05, 3.63) is 48.3 Å². The number of halogens is 2. The van der Waals surface area contributed by atoms with E-state index in [1.807, 2.05) is 0 Å². The highest BCUT2D eigenvalue weighted by Crippen LogP contribution is 2.14. The number of benzene rings is 1. The second-order valence-corrected chi connectivity index (χ2v) is 4.58. The Labute approximate surface area is 136 Å². The minimum atomic E-state index is -0.915. The molecular weight excluding hydrogens is 322 g/mol. The number of rotatable bonds is 7. The average molecular weight is 336 g/mol. The molecule has 0 aliphatic carbocycles. The van der Waals surface area contributed by atoms with Crippen molar-refractivity contribution >= 4 is 23.5 Å². The highest BCUT2D eigenvalue weighted by atomic mass is 19.1. The molecule has 1 heterocycles. The lowest BCUT2D eigenvalue weighted by atomic mass is 10.3. The molecule has 1 amide bonds. The van der Waals surface area contributed by atoms with E-state index in [1.54, 1.807) is 18.5 Å². The fraction of sp³-hybridized carbons (Fsp3) is 0.200. The maximum absolute atomic E-state index is 13.4. The van der Waals surface area contributed by atoms with Crippen molar-refractivity contribution in [3.8, 4) is 0 Å². The van der Waals surface area contributed by atoms with E-state index in [4.69, 9.17) is 4.74 Å². The van der Waals surface area contributed by atoms with Crippen molar-refractivity contribution in [2.75, 3.05) is 23.8 Å². The Morgan fingerprint density at radius 1 is 1.17 bits per heavy atom. The predicted octanol–water partition coefficient (Wildman–Crippen LogP) is 1.74. The first kappa shape index (κ1) is 17.3. The van der Waals surface area contributed by atoms with E-state index in [0.717, 1.165) is 12.1 Å². The van der Waals surface area contributed by atoms with Crippen molar-refractivity contribution < 1.29 is 23.1 Å². The number of hydrogen-bond acceptors (Lipinski definition) is 6. The number of ether oxygens (including phenoxy) is 1. The van der Waals surface area contributed by atoms with E-state index in [2.05, 4.69) is 20.6 Å². The van der Waals surface area contributed by atoms with Gasteiger partial charge in [-0.1, -0.05) is 0 Å². The number of hydrogen-bond donors (Lipinski definition) is 2. The summed E-state index contributed by atoms with van der Waals surface area (Å²) in [4.78, 5) is 30.9. The number of nitrogens with one attached hydrogen (secondary N) is 2. The summed E-state index contributed by atoms with van der Waals surface area (Å²) < 4.78 is 30.8. The largest absolute Gasteiger partial charge is 0.456 e. The molecule has 0 spiro atoms. The van der Waals surface area contributed by atoms with Gasteiger partial charge in [0.2, 0.25) is 5.95 Å². The third kappa shape index (κ3) is 5.59. The fourth-order valence-corrected chi connectivity index (χ4v) is 1.66. The zero-order valence-electron chi connectivity index (χ0n) is 12.5. The van der Waals surface area contributed by atoms with Gasteiger partial charge in [0.05, 0.1) is 12.1 Å².